The van der Waals surface area contributed by atoms with Crippen molar-refractivity contribution in [2.45, 2.75) is 63.4 Å². The Morgan fingerprint density at radius 3 is 2.32 bits per heavy atom. The van der Waals surface area contributed by atoms with E-state index in [2.05, 4.69) is 4.74 Å². The molecular weight excluding hydrogens is 334 g/mol. The minimum absolute atomic E-state index is 0.0260. The van der Waals surface area contributed by atoms with Crippen LogP contribution in [0.25, 0.3) is 0 Å². The van der Waals surface area contributed by atoms with Crippen LogP contribution in [0.4, 0.5) is 13.2 Å². The average Bonchev–Trinajstić information content (AvgIpc) is 3.20. The van der Waals surface area contributed by atoms with Gasteiger partial charge in [0.1, 0.15) is 11.8 Å². The highest BCUT2D eigenvalue weighted by atomic mass is 19.4. The van der Waals surface area contributed by atoms with Crippen molar-refractivity contribution in [2.75, 3.05) is 0 Å². The van der Waals surface area contributed by atoms with E-state index in [1.165, 1.54) is 12.1 Å². The van der Waals surface area contributed by atoms with E-state index in [4.69, 9.17) is 14.6 Å². The molecule has 0 spiro atoms. The molecular formula is C17H19BF3NO3. The van der Waals surface area contributed by atoms with Gasteiger partial charge in [-0.05, 0) is 57.7 Å². The smallest absolute Gasteiger partial charge is 0.404 e. The lowest BCUT2D eigenvalue weighted by Crippen LogP contribution is -2.41. The number of hydrogen-bond acceptors (Lipinski definition) is 4. The Bertz CT molecular complexity index is 711. The SMILES string of the molecule is CC1(C)OB([C@H]2C[C@@H]2c2ccc(C#N)c(OC(F)(F)F)c2)OC1(C)C. The number of benzene rings is 1. The van der Waals surface area contributed by atoms with Crippen LogP contribution in [0, 0.1) is 11.3 Å². The number of nitriles is 1. The minimum atomic E-state index is -4.83. The Balaban J connectivity index is 1.77. The van der Waals surface area contributed by atoms with Gasteiger partial charge in [0.05, 0.1) is 16.8 Å². The summed E-state index contributed by atoms with van der Waals surface area (Å²) in [6.45, 7) is 7.84. The number of halogens is 3. The van der Waals surface area contributed by atoms with Crippen LogP contribution in [0.15, 0.2) is 18.2 Å². The zero-order valence-corrected chi connectivity index (χ0v) is 14.5. The summed E-state index contributed by atoms with van der Waals surface area (Å²) in [5.74, 6) is -0.363. The summed E-state index contributed by atoms with van der Waals surface area (Å²) >= 11 is 0. The lowest BCUT2D eigenvalue weighted by Gasteiger charge is -2.32. The molecule has 1 saturated carbocycles. The largest absolute Gasteiger partial charge is 0.573 e. The molecule has 1 saturated heterocycles. The highest BCUT2D eigenvalue weighted by Crippen LogP contribution is 2.58. The molecule has 4 nitrogen and oxygen atoms in total. The van der Waals surface area contributed by atoms with Gasteiger partial charge < -0.3 is 14.0 Å². The molecule has 1 aliphatic carbocycles. The second kappa shape index (κ2) is 5.65. The topological polar surface area (TPSA) is 51.5 Å². The molecule has 0 aromatic heterocycles. The fourth-order valence-electron chi connectivity index (χ4n) is 3.03. The van der Waals surface area contributed by atoms with E-state index in [0.717, 1.165) is 6.42 Å². The minimum Gasteiger partial charge on any atom is -0.404 e. The Morgan fingerprint density at radius 2 is 1.80 bits per heavy atom. The maximum Gasteiger partial charge on any atom is 0.573 e. The molecule has 1 aromatic rings. The van der Waals surface area contributed by atoms with Crippen molar-refractivity contribution in [3.8, 4) is 11.8 Å². The third-order valence-corrected chi connectivity index (χ3v) is 5.24. The molecule has 0 unspecified atom stereocenters. The van der Waals surface area contributed by atoms with Crippen molar-refractivity contribution >= 4 is 7.12 Å². The van der Waals surface area contributed by atoms with Crippen LogP contribution in [0.5, 0.6) is 5.75 Å². The number of rotatable bonds is 3. The normalized spacial score (nSPS) is 27.0. The molecule has 0 amide bonds. The van der Waals surface area contributed by atoms with E-state index >= 15 is 0 Å². The van der Waals surface area contributed by atoms with Crippen LogP contribution < -0.4 is 4.74 Å². The van der Waals surface area contributed by atoms with Gasteiger partial charge in [0.15, 0.2) is 0 Å². The summed E-state index contributed by atoms with van der Waals surface area (Å²) in [5.41, 5.74) is -0.341. The van der Waals surface area contributed by atoms with Crippen LogP contribution in [0.1, 0.15) is 51.2 Å². The molecule has 1 aromatic carbocycles. The third kappa shape index (κ3) is 3.49. The van der Waals surface area contributed by atoms with Crippen molar-refractivity contribution in [1.82, 2.24) is 0 Å². The summed E-state index contributed by atoms with van der Waals surface area (Å²) in [6, 6.07) is 6.03. The maximum absolute atomic E-state index is 12.5. The predicted octanol–water partition coefficient (Wildman–Crippen LogP) is 4.41. The Morgan fingerprint density at radius 1 is 1.20 bits per heavy atom. The standard InChI is InChI=1S/C17H19BF3NO3/c1-15(2)16(3,4)25-18(24-15)13-8-12(13)10-5-6-11(9-22)14(7-10)23-17(19,20)21/h5-7,12-13H,8H2,1-4H3/t12-,13+/m1/s1. The van der Waals surface area contributed by atoms with Crippen molar-refractivity contribution in [2.24, 2.45) is 0 Å². The monoisotopic (exact) mass is 353 g/mol. The van der Waals surface area contributed by atoms with Crippen molar-refractivity contribution in [1.29, 1.82) is 5.26 Å². The molecule has 8 heteroatoms. The molecule has 1 heterocycles. The number of alkyl halides is 3. The first kappa shape index (κ1) is 18.1. The summed E-state index contributed by atoms with van der Waals surface area (Å²) in [7, 11) is -0.391. The molecule has 0 radical (unpaired) electrons. The molecule has 25 heavy (non-hydrogen) atoms. The zero-order valence-electron chi connectivity index (χ0n) is 14.5. The van der Waals surface area contributed by atoms with Crippen LogP contribution >= 0.6 is 0 Å². The van der Waals surface area contributed by atoms with Gasteiger partial charge in [0.2, 0.25) is 0 Å². The van der Waals surface area contributed by atoms with Gasteiger partial charge in [-0.25, -0.2) is 0 Å². The van der Waals surface area contributed by atoms with Crippen LogP contribution in [0.2, 0.25) is 5.82 Å². The summed E-state index contributed by atoms with van der Waals surface area (Å²) < 4.78 is 53.6. The molecule has 1 aliphatic heterocycles. The first-order valence-electron chi connectivity index (χ1n) is 8.09. The van der Waals surface area contributed by atoms with Crippen LogP contribution in [0.3, 0.4) is 0 Å². The Hall–Kier alpha value is -1.72. The number of hydrogen-bond donors (Lipinski definition) is 0. The fourth-order valence-corrected chi connectivity index (χ4v) is 3.03. The lowest BCUT2D eigenvalue weighted by molar-refractivity contribution is -0.274. The van der Waals surface area contributed by atoms with Gasteiger partial charge in [-0.3, -0.25) is 0 Å². The number of nitrogens with zero attached hydrogens (tertiary/aromatic N) is 1. The summed E-state index contributed by atoms with van der Waals surface area (Å²) in [6.07, 6.45) is -4.08. The van der Waals surface area contributed by atoms with E-state index in [1.807, 2.05) is 27.7 Å². The highest BCUT2D eigenvalue weighted by molar-refractivity contribution is 6.49. The van der Waals surface area contributed by atoms with Crippen molar-refractivity contribution in [3.05, 3.63) is 29.3 Å². The first-order valence-corrected chi connectivity index (χ1v) is 8.09. The Labute approximate surface area is 145 Å². The third-order valence-electron chi connectivity index (χ3n) is 5.24. The van der Waals surface area contributed by atoms with Crippen molar-refractivity contribution in [3.63, 3.8) is 0 Å². The van der Waals surface area contributed by atoms with Crippen molar-refractivity contribution < 1.29 is 27.2 Å². The fraction of sp³-hybridized carbons (Fsp3) is 0.588. The second-order valence-electron chi connectivity index (χ2n) is 7.55. The summed E-state index contributed by atoms with van der Waals surface area (Å²) in [5, 5.41) is 8.96. The Kier molecular flexibility index (Phi) is 4.09. The van der Waals surface area contributed by atoms with Gasteiger partial charge in [-0.1, -0.05) is 6.07 Å². The van der Waals surface area contributed by atoms with E-state index in [-0.39, 0.29) is 17.3 Å². The summed E-state index contributed by atoms with van der Waals surface area (Å²) in [4.78, 5) is 0. The average molecular weight is 353 g/mol. The van der Waals surface area contributed by atoms with Gasteiger partial charge in [-0.2, -0.15) is 5.26 Å². The van der Waals surface area contributed by atoms with Gasteiger partial charge >= 0.3 is 13.5 Å². The van der Waals surface area contributed by atoms with Gasteiger partial charge in [0.25, 0.3) is 0 Å². The molecule has 0 N–H and O–H groups in total. The van der Waals surface area contributed by atoms with Crippen LogP contribution in [-0.4, -0.2) is 24.7 Å². The maximum atomic E-state index is 12.5. The molecule has 0 bridgehead atoms. The molecule has 2 aliphatic rings. The van der Waals surface area contributed by atoms with E-state index < -0.39 is 30.4 Å². The number of ether oxygens (including phenoxy) is 1. The molecule has 3 rings (SSSR count). The lowest BCUT2D eigenvalue weighted by atomic mass is 9.79. The van der Waals surface area contributed by atoms with Gasteiger partial charge in [-0.15, -0.1) is 13.2 Å². The van der Waals surface area contributed by atoms with E-state index in [1.54, 1.807) is 12.1 Å². The predicted molar refractivity (Wildman–Crippen MR) is 85.0 cm³/mol. The highest BCUT2D eigenvalue weighted by Gasteiger charge is 2.59. The zero-order chi connectivity index (χ0) is 18.6. The second-order valence-corrected chi connectivity index (χ2v) is 7.55. The van der Waals surface area contributed by atoms with Gasteiger partial charge in [0, 0.05) is 5.82 Å². The molecule has 134 valence electrons. The first-order chi connectivity index (χ1) is 11.4. The molecule has 2 atom stereocenters. The quantitative estimate of drug-likeness (QED) is 0.756. The van der Waals surface area contributed by atoms with E-state index in [9.17, 15) is 13.2 Å². The molecule has 2 fully saturated rings. The van der Waals surface area contributed by atoms with E-state index in [0.29, 0.717) is 5.56 Å². The van der Waals surface area contributed by atoms with Crippen LogP contribution in [-0.2, 0) is 9.31 Å².